The molecule has 9 heteroatoms. The second-order valence-electron chi connectivity index (χ2n) is 9.67. The summed E-state index contributed by atoms with van der Waals surface area (Å²) in [6, 6.07) is 31.8. The normalized spacial score (nSPS) is 11.2. The molecule has 4 aromatic rings. The number of hydrogen-bond acceptors (Lipinski definition) is 9. The van der Waals surface area contributed by atoms with Crippen molar-refractivity contribution < 1.29 is 24.1 Å². The lowest BCUT2D eigenvalue weighted by Gasteiger charge is -2.05. The zero-order valence-corrected chi connectivity index (χ0v) is 27.1. The lowest BCUT2D eigenvalue weighted by Crippen LogP contribution is -1.99. The molecular weight excluding hydrogens is 593 g/mol. The van der Waals surface area contributed by atoms with E-state index in [9.17, 15) is 14.4 Å². The topological polar surface area (TPSA) is 94.4 Å². The molecule has 0 fully saturated rings. The highest BCUT2D eigenvalue weighted by atomic mass is 32.2. The number of benzene rings is 4. The van der Waals surface area contributed by atoms with Crippen LogP contribution in [-0.4, -0.2) is 29.1 Å². The van der Waals surface area contributed by atoms with Gasteiger partial charge in [-0.3, -0.25) is 4.79 Å². The predicted molar refractivity (Wildman–Crippen MR) is 177 cm³/mol. The summed E-state index contributed by atoms with van der Waals surface area (Å²) >= 11 is 3.32. The van der Waals surface area contributed by atoms with Crippen molar-refractivity contribution in [1.82, 2.24) is 0 Å². The zero-order valence-electron chi connectivity index (χ0n) is 25.5. The van der Waals surface area contributed by atoms with Crippen molar-refractivity contribution >= 4 is 52.7 Å². The average molecular weight is 627 g/mol. The molecule has 0 saturated heterocycles. The van der Waals surface area contributed by atoms with Crippen molar-refractivity contribution in [2.75, 3.05) is 0 Å². The first kappa shape index (κ1) is 34.0. The number of Topliss-reactive ketones (excluding diaryl/α,β-unsaturated/α-hetero) is 1. The lowest BCUT2D eigenvalue weighted by atomic mass is 10.1. The molecule has 0 amide bonds. The summed E-state index contributed by atoms with van der Waals surface area (Å²) in [4.78, 5) is 46.5. The molecular formula is C35H34N2O5S2. The Morgan fingerprint density at radius 1 is 0.477 bits per heavy atom. The summed E-state index contributed by atoms with van der Waals surface area (Å²) in [7, 11) is 0. The van der Waals surface area contributed by atoms with E-state index in [2.05, 4.69) is 51.2 Å². The molecule has 4 aromatic carbocycles. The lowest BCUT2D eigenvalue weighted by molar-refractivity contribution is -0.141. The van der Waals surface area contributed by atoms with Crippen LogP contribution in [0.2, 0.25) is 0 Å². The van der Waals surface area contributed by atoms with E-state index in [1.807, 2.05) is 79.7 Å². The fourth-order valence-corrected chi connectivity index (χ4v) is 5.17. The summed E-state index contributed by atoms with van der Waals surface area (Å²) in [5, 5.41) is 7.54. The maximum absolute atomic E-state index is 11.3. The van der Waals surface area contributed by atoms with E-state index >= 15 is 0 Å². The Balaban J connectivity index is 0.000000241. The SMILES string of the molecule is CC(=O)O/N=C(\C)c1ccc(Sc2ccc(C(C)=O)cc2)cc1.CC(=O)O/N=C(\C)c1ccc(Sc2ccc(C)cc2)cc1. The second-order valence-corrected chi connectivity index (χ2v) is 12.0. The highest BCUT2D eigenvalue weighted by Gasteiger charge is 2.04. The molecule has 0 aliphatic rings. The highest BCUT2D eigenvalue weighted by molar-refractivity contribution is 7.99. The van der Waals surface area contributed by atoms with Crippen LogP contribution in [0.5, 0.6) is 0 Å². The minimum Gasteiger partial charge on any atom is -0.318 e. The van der Waals surface area contributed by atoms with E-state index in [0.29, 0.717) is 17.0 Å². The van der Waals surface area contributed by atoms with Crippen molar-refractivity contribution in [3.8, 4) is 0 Å². The van der Waals surface area contributed by atoms with E-state index in [4.69, 9.17) is 0 Å². The van der Waals surface area contributed by atoms with Gasteiger partial charge in [0, 0.05) is 39.0 Å². The third-order valence-corrected chi connectivity index (χ3v) is 7.95. The van der Waals surface area contributed by atoms with Gasteiger partial charge in [-0.1, -0.05) is 87.9 Å². The van der Waals surface area contributed by atoms with Gasteiger partial charge in [0.05, 0.1) is 11.4 Å². The van der Waals surface area contributed by atoms with Crippen molar-refractivity contribution in [3.63, 3.8) is 0 Å². The fraction of sp³-hybridized carbons (Fsp3) is 0.171. The number of carbonyl (C=O) groups excluding carboxylic acids is 3. The number of hydrogen-bond donors (Lipinski definition) is 0. The molecule has 0 aliphatic carbocycles. The third-order valence-electron chi connectivity index (χ3n) is 5.92. The summed E-state index contributed by atoms with van der Waals surface area (Å²) in [6.07, 6.45) is 0. The van der Waals surface area contributed by atoms with Crippen LogP contribution >= 0.6 is 23.5 Å². The van der Waals surface area contributed by atoms with E-state index in [1.165, 1.54) is 24.3 Å². The van der Waals surface area contributed by atoms with Crippen LogP contribution in [0.3, 0.4) is 0 Å². The van der Waals surface area contributed by atoms with Crippen LogP contribution < -0.4 is 0 Å². The number of ketones is 1. The predicted octanol–water partition coefficient (Wildman–Crippen LogP) is 8.76. The minimum absolute atomic E-state index is 0.0634. The van der Waals surface area contributed by atoms with Crippen LogP contribution in [0.4, 0.5) is 0 Å². The molecule has 0 aliphatic heterocycles. The maximum Gasteiger partial charge on any atom is 0.331 e. The first-order valence-electron chi connectivity index (χ1n) is 13.7. The summed E-state index contributed by atoms with van der Waals surface area (Å²) in [6.45, 7) is 9.87. The van der Waals surface area contributed by atoms with Crippen LogP contribution in [0.1, 0.15) is 61.7 Å². The first-order valence-corrected chi connectivity index (χ1v) is 15.3. The Kier molecular flexibility index (Phi) is 13.1. The summed E-state index contributed by atoms with van der Waals surface area (Å²) in [5.41, 5.74) is 5.11. The molecule has 226 valence electrons. The number of aryl methyl sites for hydroxylation is 1. The van der Waals surface area contributed by atoms with Crippen LogP contribution in [-0.2, 0) is 19.3 Å². The van der Waals surface area contributed by atoms with Gasteiger partial charge >= 0.3 is 11.9 Å². The molecule has 7 nitrogen and oxygen atoms in total. The van der Waals surface area contributed by atoms with Crippen molar-refractivity contribution in [1.29, 1.82) is 0 Å². The van der Waals surface area contributed by atoms with E-state index < -0.39 is 11.9 Å². The molecule has 0 atom stereocenters. The molecule has 0 aromatic heterocycles. The molecule has 0 bridgehead atoms. The summed E-state index contributed by atoms with van der Waals surface area (Å²) in [5.74, 6) is -0.792. The van der Waals surface area contributed by atoms with Gasteiger partial charge in [-0.05, 0) is 87.4 Å². The number of rotatable bonds is 9. The van der Waals surface area contributed by atoms with Crippen LogP contribution in [0, 0.1) is 6.92 Å². The van der Waals surface area contributed by atoms with Crippen molar-refractivity contribution in [2.45, 2.75) is 61.1 Å². The van der Waals surface area contributed by atoms with Gasteiger partial charge in [-0.2, -0.15) is 0 Å². The van der Waals surface area contributed by atoms with E-state index in [-0.39, 0.29) is 5.78 Å². The van der Waals surface area contributed by atoms with Gasteiger partial charge in [-0.15, -0.1) is 0 Å². The van der Waals surface area contributed by atoms with Gasteiger partial charge in [0.15, 0.2) is 5.78 Å². The average Bonchev–Trinajstić information content (AvgIpc) is 3.01. The van der Waals surface area contributed by atoms with Crippen LogP contribution in [0.15, 0.2) is 127 Å². The molecule has 0 heterocycles. The quantitative estimate of drug-likeness (QED) is 0.0793. The monoisotopic (exact) mass is 626 g/mol. The number of oxime groups is 2. The van der Waals surface area contributed by atoms with Gasteiger partial charge in [0.1, 0.15) is 0 Å². The Hall–Kier alpha value is -4.47. The van der Waals surface area contributed by atoms with Crippen molar-refractivity contribution in [3.05, 3.63) is 119 Å². The Labute approximate surface area is 266 Å². The second kappa shape index (κ2) is 17.0. The molecule has 0 spiro atoms. The van der Waals surface area contributed by atoms with Crippen molar-refractivity contribution in [2.24, 2.45) is 10.3 Å². The molecule has 44 heavy (non-hydrogen) atoms. The fourth-order valence-electron chi connectivity index (χ4n) is 3.54. The van der Waals surface area contributed by atoms with Gasteiger partial charge < -0.3 is 9.68 Å². The number of nitrogens with zero attached hydrogens (tertiary/aromatic N) is 2. The molecule has 4 rings (SSSR count). The third kappa shape index (κ3) is 11.7. The smallest absolute Gasteiger partial charge is 0.318 e. The van der Waals surface area contributed by atoms with Gasteiger partial charge in [0.2, 0.25) is 0 Å². The largest absolute Gasteiger partial charge is 0.331 e. The maximum atomic E-state index is 11.3. The first-order chi connectivity index (χ1) is 21.0. The standard InChI is InChI=1S/C18H17NO3S.C17H17NO2S/c1-12(19-22-14(3)21)15-4-8-17(9-5-15)23-18-10-6-16(7-11-18)13(2)20;1-12-4-8-16(9-5-12)21-17-10-6-15(7-11-17)13(2)18-20-14(3)19/h4-11H,1-3H3;4-11H,1-3H3/b19-12+;18-13+. The zero-order chi connectivity index (χ0) is 32.1. The summed E-state index contributed by atoms with van der Waals surface area (Å²) < 4.78 is 0. The van der Waals surface area contributed by atoms with E-state index in [0.717, 1.165) is 25.8 Å². The molecule has 0 radical (unpaired) electrons. The Morgan fingerprint density at radius 3 is 1.07 bits per heavy atom. The van der Waals surface area contributed by atoms with Gasteiger partial charge in [-0.25, -0.2) is 9.59 Å². The molecule has 0 unspecified atom stereocenters. The van der Waals surface area contributed by atoms with E-state index in [1.54, 1.807) is 37.4 Å². The molecule has 0 N–H and O–H groups in total. The highest BCUT2D eigenvalue weighted by Crippen LogP contribution is 2.29. The minimum atomic E-state index is -0.439. The molecule has 0 saturated carbocycles. The Morgan fingerprint density at radius 2 is 0.773 bits per heavy atom. The van der Waals surface area contributed by atoms with Gasteiger partial charge in [0.25, 0.3) is 0 Å². The Bertz CT molecular complexity index is 1630. The van der Waals surface area contributed by atoms with Crippen LogP contribution in [0.25, 0.3) is 0 Å². The number of carbonyl (C=O) groups is 3.